The van der Waals surface area contributed by atoms with Crippen molar-refractivity contribution in [1.29, 1.82) is 0 Å². The maximum absolute atomic E-state index is 12.5. The molecular weight excluding hydrogens is 366 g/mol. The molecule has 5 heteroatoms. The van der Waals surface area contributed by atoms with Gasteiger partial charge >= 0.3 is 0 Å². The summed E-state index contributed by atoms with van der Waals surface area (Å²) in [6, 6.07) is 9.76. The number of Topliss-reactive ketones (excluding diaryl/α,β-unsaturated/α-hetero) is 1. The predicted octanol–water partition coefficient (Wildman–Crippen LogP) is 4.30. The van der Waals surface area contributed by atoms with Crippen molar-refractivity contribution in [1.82, 2.24) is 5.32 Å². The van der Waals surface area contributed by atoms with E-state index in [1.165, 1.54) is 0 Å². The highest BCUT2D eigenvalue weighted by Crippen LogP contribution is 2.35. The third-order valence-corrected chi connectivity index (χ3v) is 5.13. The molecule has 1 heterocycles. The Morgan fingerprint density at radius 2 is 1.97 bits per heavy atom. The Hall–Kier alpha value is -2.82. The topological polar surface area (TPSA) is 64.6 Å². The Bertz CT molecular complexity index is 919. The molecule has 29 heavy (non-hydrogen) atoms. The van der Waals surface area contributed by atoms with Gasteiger partial charge in [0.2, 0.25) is 5.91 Å². The first-order valence-corrected chi connectivity index (χ1v) is 10.2. The summed E-state index contributed by atoms with van der Waals surface area (Å²) >= 11 is 0. The van der Waals surface area contributed by atoms with Crippen molar-refractivity contribution >= 4 is 11.7 Å². The summed E-state index contributed by atoms with van der Waals surface area (Å²) in [6.07, 6.45) is 1.37. The molecule has 154 valence electrons. The fourth-order valence-corrected chi connectivity index (χ4v) is 3.59. The van der Waals surface area contributed by atoms with E-state index < -0.39 is 0 Å². The zero-order valence-corrected chi connectivity index (χ0v) is 17.6. The van der Waals surface area contributed by atoms with Crippen LogP contribution < -0.4 is 14.8 Å². The Labute approximate surface area is 172 Å². The number of carbonyl (C=O) groups excluding carboxylic acids is 2. The summed E-state index contributed by atoms with van der Waals surface area (Å²) in [5.74, 6) is 1.48. The quantitative estimate of drug-likeness (QED) is 0.677. The number of carbonyl (C=O) groups is 2. The molecule has 0 saturated carbocycles. The zero-order valence-electron chi connectivity index (χ0n) is 17.6. The van der Waals surface area contributed by atoms with Crippen LogP contribution in [0.5, 0.6) is 11.5 Å². The Kier molecular flexibility index (Phi) is 6.57. The third-order valence-electron chi connectivity index (χ3n) is 5.13. The molecule has 0 aliphatic carbocycles. The molecule has 1 atom stereocenters. The van der Waals surface area contributed by atoms with Crippen LogP contribution in [0.1, 0.15) is 59.3 Å². The van der Waals surface area contributed by atoms with Crippen molar-refractivity contribution in [3.05, 3.63) is 58.1 Å². The maximum Gasteiger partial charge on any atom is 0.220 e. The van der Waals surface area contributed by atoms with Gasteiger partial charge < -0.3 is 14.8 Å². The van der Waals surface area contributed by atoms with Crippen molar-refractivity contribution in [2.24, 2.45) is 0 Å². The summed E-state index contributed by atoms with van der Waals surface area (Å²) < 4.78 is 11.6. The van der Waals surface area contributed by atoms with E-state index >= 15 is 0 Å². The molecule has 1 N–H and O–H groups in total. The number of rotatable bonds is 8. The van der Waals surface area contributed by atoms with Gasteiger partial charge in [-0.05, 0) is 51.5 Å². The number of hydrogen-bond donors (Lipinski definition) is 1. The van der Waals surface area contributed by atoms with E-state index in [1.807, 2.05) is 58.0 Å². The zero-order chi connectivity index (χ0) is 21.0. The van der Waals surface area contributed by atoms with Crippen molar-refractivity contribution in [3.8, 4) is 11.5 Å². The monoisotopic (exact) mass is 395 g/mol. The van der Waals surface area contributed by atoms with Gasteiger partial charge in [-0.1, -0.05) is 17.7 Å². The van der Waals surface area contributed by atoms with Gasteiger partial charge in [-0.15, -0.1) is 0 Å². The van der Waals surface area contributed by atoms with Gasteiger partial charge in [-0.3, -0.25) is 9.59 Å². The minimum atomic E-state index is -0.152. The summed E-state index contributed by atoms with van der Waals surface area (Å²) in [4.78, 5) is 24.8. The lowest BCUT2D eigenvalue weighted by atomic mass is 9.99. The van der Waals surface area contributed by atoms with Crippen LogP contribution in [-0.2, 0) is 17.8 Å². The fraction of sp³-hybridized carbons (Fsp3) is 0.417. The first-order valence-electron chi connectivity index (χ1n) is 10.2. The normalized spacial score (nSPS) is 14.8. The predicted molar refractivity (Wildman–Crippen MR) is 113 cm³/mol. The number of nitrogens with one attached hydrogen (secondary N) is 1. The first kappa shape index (κ1) is 20.9. The van der Waals surface area contributed by atoms with Crippen LogP contribution in [0.25, 0.3) is 0 Å². The van der Waals surface area contributed by atoms with E-state index in [9.17, 15) is 9.59 Å². The largest absolute Gasteiger partial charge is 0.494 e. The molecule has 0 spiro atoms. The van der Waals surface area contributed by atoms with Gasteiger partial charge in [-0.25, -0.2) is 0 Å². The Morgan fingerprint density at radius 1 is 1.17 bits per heavy atom. The van der Waals surface area contributed by atoms with Crippen molar-refractivity contribution in [3.63, 3.8) is 0 Å². The molecule has 3 rings (SSSR count). The average molecular weight is 395 g/mol. The Morgan fingerprint density at radius 3 is 2.72 bits per heavy atom. The van der Waals surface area contributed by atoms with Gasteiger partial charge in [0.05, 0.1) is 6.61 Å². The molecule has 2 aromatic rings. The molecule has 1 aliphatic heterocycles. The second kappa shape index (κ2) is 9.12. The number of hydrogen-bond acceptors (Lipinski definition) is 4. The van der Waals surface area contributed by atoms with Crippen molar-refractivity contribution < 1.29 is 19.1 Å². The summed E-state index contributed by atoms with van der Waals surface area (Å²) in [7, 11) is 0. The molecule has 0 saturated heterocycles. The van der Waals surface area contributed by atoms with Crippen LogP contribution in [0, 0.1) is 13.8 Å². The molecule has 1 amide bonds. The van der Waals surface area contributed by atoms with Gasteiger partial charge in [0, 0.05) is 42.5 Å². The highest BCUT2D eigenvalue weighted by molar-refractivity contribution is 5.99. The van der Waals surface area contributed by atoms with E-state index in [0.29, 0.717) is 18.7 Å². The number of ether oxygens (including phenoxy) is 2. The minimum absolute atomic E-state index is 0.00345. The smallest absolute Gasteiger partial charge is 0.220 e. The average Bonchev–Trinajstić information content (AvgIpc) is 3.05. The highest BCUT2D eigenvalue weighted by atomic mass is 16.5. The van der Waals surface area contributed by atoms with Crippen LogP contribution in [0.15, 0.2) is 30.3 Å². The molecule has 0 fully saturated rings. The van der Waals surface area contributed by atoms with Crippen LogP contribution in [0.3, 0.4) is 0 Å². The van der Waals surface area contributed by atoms with Crippen molar-refractivity contribution in [2.45, 2.75) is 59.6 Å². The van der Waals surface area contributed by atoms with Gasteiger partial charge in [0.25, 0.3) is 0 Å². The SMILES string of the molecule is CCOc1cc2c(cc1CNC(=O)CCC(=O)c1cc(C)ccc1C)OC(C)C2. The molecule has 0 radical (unpaired) electrons. The first-order chi connectivity index (χ1) is 13.9. The number of fused-ring (bicyclic) bond motifs is 1. The lowest BCUT2D eigenvalue weighted by Crippen LogP contribution is -2.23. The van der Waals surface area contributed by atoms with E-state index in [-0.39, 0.29) is 30.6 Å². The lowest BCUT2D eigenvalue weighted by Gasteiger charge is -2.13. The molecule has 2 aromatic carbocycles. The molecule has 5 nitrogen and oxygen atoms in total. The molecule has 0 aromatic heterocycles. The highest BCUT2D eigenvalue weighted by Gasteiger charge is 2.22. The molecule has 0 bridgehead atoms. The van der Waals surface area contributed by atoms with E-state index in [4.69, 9.17) is 9.47 Å². The van der Waals surface area contributed by atoms with Gasteiger partial charge in [0.1, 0.15) is 17.6 Å². The van der Waals surface area contributed by atoms with Crippen LogP contribution in [-0.4, -0.2) is 24.4 Å². The second-order valence-corrected chi connectivity index (χ2v) is 7.65. The summed E-state index contributed by atoms with van der Waals surface area (Å²) in [5.41, 5.74) is 4.69. The lowest BCUT2D eigenvalue weighted by molar-refractivity contribution is -0.121. The van der Waals surface area contributed by atoms with Crippen LogP contribution >= 0.6 is 0 Å². The molecule has 1 unspecified atom stereocenters. The number of aryl methyl sites for hydroxylation is 2. The summed E-state index contributed by atoms with van der Waals surface area (Å²) in [6.45, 7) is 8.75. The van der Waals surface area contributed by atoms with E-state index in [1.54, 1.807) is 0 Å². The van der Waals surface area contributed by atoms with Crippen LogP contribution in [0.2, 0.25) is 0 Å². The Balaban J connectivity index is 1.59. The van der Waals surface area contributed by atoms with Gasteiger partial charge in [-0.2, -0.15) is 0 Å². The van der Waals surface area contributed by atoms with Crippen molar-refractivity contribution in [2.75, 3.05) is 6.61 Å². The van der Waals surface area contributed by atoms with E-state index in [2.05, 4.69) is 5.32 Å². The number of benzene rings is 2. The standard InChI is InChI=1S/C24H29NO4/c1-5-28-22-12-18-11-17(4)29-23(18)13-19(22)14-25-24(27)9-8-21(26)20-10-15(2)6-7-16(20)3/h6-7,10,12-13,17H,5,8-9,11,14H2,1-4H3,(H,25,27). The van der Waals surface area contributed by atoms with Crippen LogP contribution in [0.4, 0.5) is 0 Å². The maximum atomic E-state index is 12.5. The molecular formula is C24H29NO4. The minimum Gasteiger partial charge on any atom is -0.494 e. The number of ketones is 1. The van der Waals surface area contributed by atoms with E-state index in [0.717, 1.165) is 40.2 Å². The fourth-order valence-electron chi connectivity index (χ4n) is 3.59. The van der Waals surface area contributed by atoms with Gasteiger partial charge in [0.15, 0.2) is 5.78 Å². The molecule has 1 aliphatic rings. The number of amides is 1. The third kappa shape index (κ3) is 5.17. The second-order valence-electron chi connectivity index (χ2n) is 7.65. The summed E-state index contributed by atoms with van der Waals surface area (Å²) in [5, 5.41) is 2.91.